The van der Waals surface area contributed by atoms with Gasteiger partial charge in [0.1, 0.15) is 11.5 Å². The van der Waals surface area contributed by atoms with Gasteiger partial charge in [0.25, 0.3) is 0 Å². The number of aromatic nitrogens is 1. The first-order chi connectivity index (χ1) is 10.1. The van der Waals surface area contributed by atoms with E-state index in [2.05, 4.69) is 25.9 Å². The smallest absolute Gasteiger partial charge is 0.151 e. The minimum Gasteiger partial charge on any atom is -0.505 e. The number of benzene rings is 2. The van der Waals surface area contributed by atoms with E-state index in [0.717, 1.165) is 0 Å². The van der Waals surface area contributed by atoms with Gasteiger partial charge in [-0.3, -0.25) is 4.99 Å². The molecule has 2 N–H and O–H groups in total. The zero-order valence-corrected chi connectivity index (χ0v) is 12.9. The van der Waals surface area contributed by atoms with E-state index in [1.165, 1.54) is 18.3 Å². The maximum absolute atomic E-state index is 12.8. The third kappa shape index (κ3) is 2.66. The third-order valence-corrected chi connectivity index (χ3v) is 4.31. The second kappa shape index (κ2) is 5.50. The van der Waals surface area contributed by atoms with E-state index >= 15 is 0 Å². The molecule has 0 bridgehead atoms. The lowest BCUT2D eigenvalue weighted by Gasteiger charge is -1.97. The number of hydrogen-bond donors (Lipinski definition) is 2. The fourth-order valence-electron chi connectivity index (χ4n) is 1.98. The van der Waals surface area contributed by atoms with Crippen LogP contribution >= 0.6 is 27.5 Å². The van der Waals surface area contributed by atoms with Crippen LogP contribution in [0.2, 0.25) is 5.02 Å². The van der Waals surface area contributed by atoms with E-state index in [1.807, 2.05) is 0 Å². The molecule has 1 aromatic heterocycles. The minimum atomic E-state index is -0.320. The molecule has 0 fully saturated rings. The third-order valence-electron chi connectivity index (χ3n) is 3.03. The highest BCUT2D eigenvalue weighted by atomic mass is 79.9. The molecule has 0 aliphatic rings. The van der Waals surface area contributed by atoms with Gasteiger partial charge in [-0.25, -0.2) is 4.39 Å². The van der Waals surface area contributed by atoms with Crippen LogP contribution in [0, 0.1) is 5.82 Å². The minimum absolute atomic E-state index is 0.0298. The number of H-pyrrole nitrogens is 1. The zero-order chi connectivity index (χ0) is 15.0. The summed E-state index contributed by atoms with van der Waals surface area (Å²) in [7, 11) is 0. The lowest BCUT2D eigenvalue weighted by molar-refractivity contribution is 0.480. The van der Waals surface area contributed by atoms with Crippen LogP contribution in [0.5, 0.6) is 5.75 Å². The first kappa shape index (κ1) is 14.1. The molecular formula is C15H9BrClFN2O. The van der Waals surface area contributed by atoms with E-state index < -0.39 is 0 Å². The molecule has 2 aromatic carbocycles. The summed E-state index contributed by atoms with van der Waals surface area (Å²) in [5.74, 6) is -0.291. The first-order valence-electron chi connectivity index (χ1n) is 6.04. The molecule has 21 heavy (non-hydrogen) atoms. The van der Waals surface area contributed by atoms with E-state index in [1.54, 1.807) is 24.3 Å². The highest BCUT2D eigenvalue weighted by Crippen LogP contribution is 2.38. The zero-order valence-electron chi connectivity index (χ0n) is 10.6. The lowest BCUT2D eigenvalue weighted by atomic mass is 10.2. The topological polar surface area (TPSA) is 48.4 Å². The van der Waals surface area contributed by atoms with Crippen LogP contribution in [0.1, 0.15) is 5.69 Å². The molecule has 0 radical (unpaired) electrons. The summed E-state index contributed by atoms with van der Waals surface area (Å²) in [6, 6.07) is 9.35. The van der Waals surface area contributed by atoms with Crippen molar-refractivity contribution in [2.45, 2.75) is 0 Å². The average Bonchev–Trinajstić information content (AvgIpc) is 2.80. The largest absolute Gasteiger partial charge is 0.505 e. The predicted octanol–water partition coefficient (Wildman–Crippen LogP) is 5.18. The predicted molar refractivity (Wildman–Crippen MR) is 86.3 cm³/mol. The number of hydrogen-bond acceptors (Lipinski definition) is 2. The summed E-state index contributed by atoms with van der Waals surface area (Å²) < 4.78 is 13.5. The number of halogens is 3. The molecular weight excluding hydrogens is 359 g/mol. The number of aromatic amines is 1. The van der Waals surface area contributed by atoms with Crippen molar-refractivity contribution in [2.24, 2.45) is 4.99 Å². The Labute approximate surface area is 133 Å². The molecule has 0 atom stereocenters. The average molecular weight is 368 g/mol. The van der Waals surface area contributed by atoms with Crippen LogP contribution in [0.25, 0.3) is 10.9 Å². The Morgan fingerprint density at radius 1 is 1.19 bits per heavy atom. The fourth-order valence-corrected chi connectivity index (χ4v) is 2.57. The van der Waals surface area contributed by atoms with Gasteiger partial charge in [-0.15, -0.1) is 0 Å². The Morgan fingerprint density at radius 3 is 2.62 bits per heavy atom. The van der Waals surface area contributed by atoms with Crippen molar-refractivity contribution < 1.29 is 9.50 Å². The summed E-state index contributed by atoms with van der Waals surface area (Å²) in [4.78, 5) is 7.22. The van der Waals surface area contributed by atoms with Gasteiger partial charge in [-0.2, -0.15) is 0 Å². The molecule has 6 heteroatoms. The van der Waals surface area contributed by atoms with Gasteiger partial charge in [0.05, 0.1) is 27.8 Å². The van der Waals surface area contributed by atoms with Crippen molar-refractivity contribution in [1.29, 1.82) is 0 Å². The molecule has 3 rings (SSSR count). The second-order valence-corrected chi connectivity index (χ2v) is 5.64. The van der Waals surface area contributed by atoms with Gasteiger partial charge in [-0.05, 0) is 52.3 Å². The van der Waals surface area contributed by atoms with Crippen LogP contribution in [0.15, 0.2) is 45.9 Å². The Balaban J connectivity index is 2.03. The summed E-state index contributed by atoms with van der Waals surface area (Å²) >= 11 is 9.48. The second-order valence-electron chi connectivity index (χ2n) is 4.41. The van der Waals surface area contributed by atoms with Crippen LogP contribution < -0.4 is 0 Å². The number of nitrogens with one attached hydrogen (secondary N) is 1. The normalized spacial score (nSPS) is 11.6. The van der Waals surface area contributed by atoms with Crippen LogP contribution in [0.4, 0.5) is 10.1 Å². The van der Waals surface area contributed by atoms with Crippen molar-refractivity contribution in [3.8, 4) is 5.75 Å². The molecule has 0 amide bonds. The van der Waals surface area contributed by atoms with Crippen LogP contribution in [0.3, 0.4) is 0 Å². The number of aliphatic imine (C=N–C) groups is 1. The fraction of sp³-hybridized carbons (Fsp3) is 0. The van der Waals surface area contributed by atoms with Crippen molar-refractivity contribution >= 4 is 50.3 Å². The van der Waals surface area contributed by atoms with E-state index in [-0.39, 0.29) is 11.6 Å². The van der Waals surface area contributed by atoms with Crippen molar-refractivity contribution in [3.05, 3.63) is 57.4 Å². The van der Waals surface area contributed by atoms with E-state index in [4.69, 9.17) is 11.6 Å². The van der Waals surface area contributed by atoms with Gasteiger partial charge >= 0.3 is 0 Å². The molecule has 0 aliphatic heterocycles. The summed E-state index contributed by atoms with van der Waals surface area (Å²) in [6.45, 7) is 0. The van der Waals surface area contributed by atoms with Gasteiger partial charge in [-0.1, -0.05) is 11.6 Å². The van der Waals surface area contributed by atoms with E-state index in [9.17, 15) is 9.50 Å². The van der Waals surface area contributed by atoms with Crippen LogP contribution in [-0.2, 0) is 0 Å². The molecule has 3 nitrogen and oxygen atoms in total. The highest BCUT2D eigenvalue weighted by molar-refractivity contribution is 9.10. The molecule has 0 unspecified atom stereocenters. The Kier molecular flexibility index (Phi) is 3.69. The summed E-state index contributed by atoms with van der Waals surface area (Å²) in [5, 5.41) is 11.2. The van der Waals surface area contributed by atoms with Crippen molar-refractivity contribution in [1.82, 2.24) is 4.98 Å². The van der Waals surface area contributed by atoms with Crippen molar-refractivity contribution in [3.63, 3.8) is 0 Å². The maximum Gasteiger partial charge on any atom is 0.151 e. The lowest BCUT2D eigenvalue weighted by Crippen LogP contribution is -1.80. The Hall–Kier alpha value is -1.85. The molecule has 3 aromatic rings. The maximum atomic E-state index is 12.8. The Bertz CT molecular complexity index is 843. The van der Waals surface area contributed by atoms with Gasteiger partial charge in [0.15, 0.2) is 5.75 Å². The number of aromatic hydroxyl groups is 1. The molecule has 0 saturated heterocycles. The molecule has 0 aliphatic carbocycles. The molecule has 0 spiro atoms. The number of rotatable bonds is 2. The van der Waals surface area contributed by atoms with Crippen LogP contribution in [-0.4, -0.2) is 16.3 Å². The standard InChI is InChI=1S/C15H9BrClFN2O/c16-10-5-6-11-13(14(10)17)15(21)12(20-11)7-19-9-3-1-8(18)2-4-9/h1-7,20-21H. The Morgan fingerprint density at radius 2 is 1.90 bits per heavy atom. The van der Waals surface area contributed by atoms with Gasteiger partial charge in [0.2, 0.25) is 0 Å². The number of fused-ring (bicyclic) bond motifs is 1. The van der Waals surface area contributed by atoms with Crippen molar-refractivity contribution in [2.75, 3.05) is 0 Å². The van der Waals surface area contributed by atoms with E-state index in [0.29, 0.717) is 31.8 Å². The molecule has 106 valence electrons. The highest BCUT2D eigenvalue weighted by Gasteiger charge is 2.13. The molecule has 0 saturated carbocycles. The quantitative estimate of drug-likeness (QED) is 0.602. The SMILES string of the molecule is Oc1c(C=Nc2ccc(F)cc2)[nH]c2ccc(Br)c(Cl)c12. The van der Waals surface area contributed by atoms with Gasteiger partial charge < -0.3 is 10.1 Å². The monoisotopic (exact) mass is 366 g/mol. The number of nitrogens with zero attached hydrogens (tertiary/aromatic N) is 1. The summed E-state index contributed by atoms with van der Waals surface area (Å²) in [5.41, 5.74) is 1.73. The summed E-state index contributed by atoms with van der Waals surface area (Å²) in [6.07, 6.45) is 1.48. The molecule has 1 heterocycles. The first-order valence-corrected chi connectivity index (χ1v) is 7.21. The van der Waals surface area contributed by atoms with Gasteiger partial charge in [0, 0.05) is 4.47 Å².